The predicted molar refractivity (Wildman–Crippen MR) is 117 cm³/mol. The highest BCUT2D eigenvalue weighted by Crippen LogP contribution is 2.26. The van der Waals surface area contributed by atoms with Gasteiger partial charge in [-0.15, -0.1) is 0 Å². The molecule has 7 heteroatoms. The summed E-state index contributed by atoms with van der Waals surface area (Å²) < 4.78 is 22.8. The number of aromatic nitrogens is 2. The van der Waals surface area contributed by atoms with Crippen LogP contribution in [0.5, 0.6) is 23.3 Å². The van der Waals surface area contributed by atoms with Crippen LogP contribution >= 0.6 is 0 Å². The lowest BCUT2D eigenvalue weighted by atomic mass is 10.2. The molecule has 31 heavy (non-hydrogen) atoms. The smallest absolute Gasteiger partial charge is 0.522 e. The summed E-state index contributed by atoms with van der Waals surface area (Å²) in [6.45, 7) is 0.768. The van der Waals surface area contributed by atoms with Crippen molar-refractivity contribution in [2.75, 3.05) is 0 Å². The lowest BCUT2D eigenvalue weighted by Gasteiger charge is -2.13. The van der Waals surface area contributed by atoms with E-state index in [1.807, 2.05) is 60.7 Å². The quantitative estimate of drug-likeness (QED) is 0.355. The Balaban J connectivity index is 1.33. The van der Waals surface area contributed by atoms with Crippen LogP contribution in [0.15, 0.2) is 97.3 Å². The molecule has 0 atom stereocenters. The first-order chi connectivity index (χ1) is 15.4. The van der Waals surface area contributed by atoms with E-state index in [4.69, 9.17) is 18.8 Å². The fourth-order valence-corrected chi connectivity index (χ4v) is 2.73. The van der Waals surface area contributed by atoms with Crippen LogP contribution in [0.2, 0.25) is 0 Å². The third-order valence-corrected chi connectivity index (χ3v) is 4.26. The van der Waals surface area contributed by atoms with Crippen molar-refractivity contribution in [3.05, 3.63) is 108 Å². The average molecular weight is 411 g/mol. The van der Waals surface area contributed by atoms with Gasteiger partial charge in [0, 0.05) is 12.4 Å². The number of hydrogen-bond acceptors (Lipinski definition) is 6. The Bertz CT molecular complexity index is 994. The zero-order chi connectivity index (χ0) is 21.1. The lowest BCUT2D eigenvalue weighted by molar-refractivity contribution is 0.276. The predicted octanol–water partition coefficient (Wildman–Crippen LogP) is 4.63. The fraction of sp³-hybridized carbons (Fsp3) is 0.0833. The van der Waals surface area contributed by atoms with Gasteiger partial charge < -0.3 is 18.8 Å². The van der Waals surface area contributed by atoms with Crippen LogP contribution < -0.4 is 18.8 Å². The van der Waals surface area contributed by atoms with Crippen LogP contribution in [0.3, 0.4) is 0 Å². The Morgan fingerprint density at radius 1 is 0.548 bits per heavy atom. The van der Waals surface area contributed by atoms with Gasteiger partial charge in [0.25, 0.3) is 11.8 Å². The molecular formula is C24H20BN2O4. The highest BCUT2D eigenvalue weighted by molar-refractivity contribution is 6.21. The zero-order valence-electron chi connectivity index (χ0n) is 16.8. The first-order valence-corrected chi connectivity index (χ1v) is 9.77. The van der Waals surface area contributed by atoms with Gasteiger partial charge in [0.05, 0.1) is 0 Å². The molecular weight excluding hydrogens is 391 g/mol. The Kier molecular flexibility index (Phi) is 6.99. The largest absolute Gasteiger partial charge is 0.658 e. The second-order valence-electron chi connectivity index (χ2n) is 6.49. The highest BCUT2D eigenvalue weighted by Gasteiger charge is 2.12. The molecule has 153 valence electrons. The molecule has 2 aromatic heterocycles. The Hall–Kier alpha value is -4.00. The van der Waals surface area contributed by atoms with Crippen LogP contribution in [0.1, 0.15) is 11.1 Å². The van der Waals surface area contributed by atoms with Crippen molar-refractivity contribution >= 4 is 7.69 Å². The number of pyridine rings is 2. The van der Waals surface area contributed by atoms with Gasteiger partial charge in [0.2, 0.25) is 0 Å². The van der Waals surface area contributed by atoms with Gasteiger partial charge in [0.1, 0.15) is 13.2 Å². The molecule has 0 saturated carbocycles. The summed E-state index contributed by atoms with van der Waals surface area (Å²) in [5, 5.41) is 0. The molecule has 0 spiro atoms. The molecule has 0 fully saturated rings. The van der Waals surface area contributed by atoms with Crippen LogP contribution in [0, 0.1) is 0 Å². The molecule has 0 aliphatic heterocycles. The van der Waals surface area contributed by atoms with Crippen LogP contribution in [-0.4, -0.2) is 17.7 Å². The van der Waals surface area contributed by atoms with Gasteiger partial charge in [-0.25, -0.2) is 9.97 Å². The van der Waals surface area contributed by atoms with E-state index >= 15 is 0 Å². The Labute approximate surface area is 181 Å². The minimum atomic E-state index is 0.373. The van der Waals surface area contributed by atoms with Crippen LogP contribution in [0.25, 0.3) is 0 Å². The maximum absolute atomic E-state index is 5.79. The molecule has 0 amide bonds. The molecule has 0 aliphatic carbocycles. The van der Waals surface area contributed by atoms with E-state index < -0.39 is 0 Å². The summed E-state index contributed by atoms with van der Waals surface area (Å²) in [4.78, 5) is 8.48. The van der Waals surface area contributed by atoms with Gasteiger partial charge >= 0.3 is 7.69 Å². The van der Waals surface area contributed by atoms with Crippen LogP contribution in [0.4, 0.5) is 0 Å². The Morgan fingerprint density at radius 3 is 1.45 bits per heavy atom. The molecule has 4 aromatic rings. The molecule has 0 N–H and O–H groups in total. The monoisotopic (exact) mass is 411 g/mol. The minimum Gasteiger partial charge on any atom is -0.522 e. The summed E-state index contributed by atoms with van der Waals surface area (Å²) in [6.07, 6.45) is 3.29. The SMILES string of the molecule is [B](Oc1cccnc1OCc1ccccc1)Oc1cccnc1OCc1ccccc1. The van der Waals surface area contributed by atoms with Gasteiger partial charge in [-0.3, -0.25) is 0 Å². The molecule has 0 bridgehead atoms. The van der Waals surface area contributed by atoms with Crippen LogP contribution in [-0.2, 0) is 13.2 Å². The first kappa shape index (κ1) is 20.3. The third-order valence-electron chi connectivity index (χ3n) is 4.26. The maximum Gasteiger partial charge on any atom is 0.658 e. The molecule has 2 aromatic carbocycles. The van der Waals surface area contributed by atoms with Crippen molar-refractivity contribution in [3.63, 3.8) is 0 Å². The van der Waals surface area contributed by atoms with E-state index in [1.165, 1.54) is 7.69 Å². The molecule has 2 heterocycles. The van der Waals surface area contributed by atoms with Crippen molar-refractivity contribution in [2.24, 2.45) is 0 Å². The van der Waals surface area contributed by atoms with Crippen molar-refractivity contribution in [3.8, 4) is 23.3 Å². The second-order valence-corrected chi connectivity index (χ2v) is 6.49. The van der Waals surface area contributed by atoms with Gasteiger partial charge in [-0.2, -0.15) is 0 Å². The van der Waals surface area contributed by atoms with Crippen molar-refractivity contribution in [2.45, 2.75) is 13.2 Å². The van der Waals surface area contributed by atoms with Gasteiger partial charge in [-0.1, -0.05) is 60.7 Å². The number of ether oxygens (including phenoxy) is 2. The maximum atomic E-state index is 5.79. The summed E-state index contributed by atoms with van der Waals surface area (Å²) >= 11 is 0. The molecule has 0 saturated heterocycles. The summed E-state index contributed by atoms with van der Waals surface area (Å²) in [6, 6.07) is 26.7. The van der Waals surface area contributed by atoms with Gasteiger partial charge in [0.15, 0.2) is 11.5 Å². The number of benzene rings is 2. The molecule has 0 aliphatic rings. The second kappa shape index (κ2) is 10.7. The van der Waals surface area contributed by atoms with E-state index in [0.717, 1.165) is 11.1 Å². The average Bonchev–Trinajstić information content (AvgIpc) is 2.84. The zero-order valence-corrected chi connectivity index (χ0v) is 16.8. The van der Waals surface area contributed by atoms with E-state index in [2.05, 4.69) is 9.97 Å². The number of hydrogen-bond donors (Lipinski definition) is 0. The molecule has 4 rings (SSSR count). The molecule has 0 unspecified atom stereocenters. The highest BCUT2D eigenvalue weighted by atomic mass is 16.6. The van der Waals surface area contributed by atoms with Gasteiger partial charge in [-0.05, 0) is 35.4 Å². The van der Waals surface area contributed by atoms with E-state index in [-0.39, 0.29) is 0 Å². The normalized spacial score (nSPS) is 10.2. The first-order valence-electron chi connectivity index (χ1n) is 9.77. The fourth-order valence-electron chi connectivity index (χ4n) is 2.73. The minimum absolute atomic E-state index is 0.373. The number of nitrogens with zero attached hydrogens (tertiary/aromatic N) is 2. The van der Waals surface area contributed by atoms with Crippen molar-refractivity contribution in [1.82, 2.24) is 9.97 Å². The summed E-state index contributed by atoms with van der Waals surface area (Å²) in [5.41, 5.74) is 2.07. The standard InChI is InChI=1S/C24H20BN2O4/c1-3-9-19(10-4-1)17-28-23-21(13-7-15-26-23)30-25-31-22-14-8-16-27-24(22)29-18-20-11-5-2-6-12-20/h1-16H,17-18H2. The molecule has 6 nitrogen and oxygen atoms in total. The molecule has 1 radical (unpaired) electrons. The lowest BCUT2D eigenvalue weighted by Crippen LogP contribution is -2.13. The topological polar surface area (TPSA) is 62.7 Å². The third kappa shape index (κ3) is 5.99. The Morgan fingerprint density at radius 2 is 1.00 bits per heavy atom. The van der Waals surface area contributed by atoms with Crippen molar-refractivity contribution < 1.29 is 18.8 Å². The van der Waals surface area contributed by atoms with E-state index in [9.17, 15) is 0 Å². The number of rotatable bonds is 10. The van der Waals surface area contributed by atoms with E-state index in [1.54, 1.807) is 36.7 Å². The summed E-state index contributed by atoms with van der Waals surface area (Å²) in [5.74, 6) is 1.62. The van der Waals surface area contributed by atoms with Crippen molar-refractivity contribution in [1.29, 1.82) is 0 Å². The van der Waals surface area contributed by atoms with E-state index in [0.29, 0.717) is 36.5 Å². The summed E-state index contributed by atoms with van der Waals surface area (Å²) in [7, 11) is 1.21.